The predicted octanol–water partition coefficient (Wildman–Crippen LogP) is 5.72. The van der Waals surface area contributed by atoms with E-state index in [2.05, 4.69) is 43.0 Å². The van der Waals surface area contributed by atoms with Gasteiger partial charge in [-0.05, 0) is 36.6 Å². The molecule has 0 spiro atoms. The van der Waals surface area contributed by atoms with Crippen LogP contribution in [-0.4, -0.2) is 4.90 Å². The van der Waals surface area contributed by atoms with E-state index in [1.807, 2.05) is 59.5 Å². The van der Waals surface area contributed by atoms with Gasteiger partial charge in [-0.2, -0.15) is 0 Å². The van der Waals surface area contributed by atoms with Gasteiger partial charge in [0, 0.05) is 23.4 Å². The zero-order valence-corrected chi connectivity index (χ0v) is 15.0. The highest BCUT2D eigenvalue weighted by Gasteiger charge is 2.42. The highest BCUT2D eigenvalue weighted by molar-refractivity contribution is 5.81. The summed E-state index contributed by atoms with van der Waals surface area (Å²) in [5.74, 6) is 0. The van der Waals surface area contributed by atoms with E-state index in [9.17, 15) is 0 Å². The van der Waals surface area contributed by atoms with Gasteiger partial charge in [0.25, 0.3) is 0 Å². The Balaban J connectivity index is 1.80. The fourth-order valence-corrected chi connectivity index (χ4v) is 4.14. The van der Waals surface area contributed by atoms with Gasteiger partial charge in [-0.25, -0.2) is 0 Å². The Bertz CT molecular complexity index is 1090. The SMILES string of the molecule is [2H]C1([2H])c2ccccc2C2=C(C)N(c3ccccc3C)C(c3ccccc3)N21. The number of anilines is 1. The minimum Gasteiger partial charge on any atom is -0.341 e. The van der Waals surface area contributed by atoms with Crippen molar-refractivity contribution in [2.24, 2.45) is 0 Å². The van der Waals surface area contributed by atoms with Gasteiger partial charge in [0.05, 0.1) is 8.44 Å². The average molecular weight is 340 g/mol. The number of allylic oxidation sites excluding steroid dienone is 1. The second-order valence-corrected chi connectivity index (χ2v) is 6.90. The molecule has 0 saturated heterocycles. The number of nitrogens with zero attached hydrogens (tertiary/aromatic N) is 2. The molecule has 128 valence electrons. The molecule has 2 aliphatic heterocycles. The summed E-state index contributed by atoms with van der Waals surface area (Å²) < 4.78 is 18.0. The third-order valence-electron chi connectivity index (χ3n) is 5.33. The van der Waals surface area contributed by atoms with Gasteiger partial charge in [0.1, 0.15) is 6.17 Å². The van der Waals surface area contributed by atoms with Crippen LogP contribution in [0.3, 0.4) is 0 Å². The highest BCUT2D eigenvalue weighted by Crippen LogP contribution is 2.51. The lowest BCUT2D eigenvalue weighted by molar-refractivity contribution is 0.327. The fraction of sp³-hybridized carbons (Fsp3) is 0.167. The van der Waals surface area contributed by atoms with Crippen LogP contribution >= 0.6 is 0 Å². The molecular formula is C24H22N2. The van der Waals surface area contributed by atoms with Gasteiger partial charge in [0.2, 0.25) is 0 Å². The summed E-state index contributed by atoms with van der Waals surface area (Å²) in [6.07, 6.45) is -0.236. The third kappa shape index (κ3) is 2.12. The summed E-state index contributed by atoms with van der Waals surface area (Å²) in [7, 11) is 0. The minimum atomic E-state index is -1.58. The lowest BCUT2D eigenvalue weighted by Gasteiger charge is -2.34. The van der Waals surface area contributed by atoms with Gasteiger partial charge < -0.3 is 9.80 Å². The van der Waals surface area contributed by atoms with Crippen LogP contribution in [0, 0.1) is 6.92 Å². The van der Waals surface area contributed by atoms with Crippen molar-refractivity contribution in [1.82, 2.24) is 4.90 Å². The van der Waals surface area contributed by atoms with Crippen molar-refractivity contribution < 1.29 is 2.74 Å². The molecule has 0 radical (unpaired) electrons. The molecule has 5 rings (SSSR count). The summed E-state index contributed by atoms with van der Waals surface area (Å²) >= 11 is 0. The molecule has 0 amide bonds. The molecule has 0 bridgehead atoms. The van der Waals surface area contributed by atoms with E-state index in [-0.39, 0.29) is 6.17 Å². The minimum absolute atomic E-state index is 0.236. The van der Waals surface area contributed by atoms with Crippen LogP contribution in [0.2, 0.25) is 0 Å². The molecule has 3 aromatic carbocycles. The van der Waals surface area contributed by atoms with Crippen LogP contribution in [0.1, 0.15) is 38.1 Å². The molecular weight excluding hydrogens is 316 g/mol. The maximum atomic E-state index is 9.00. The van der Waals surface area contributed by atoms with Gasteiger partial charge in [0.15, 0.2) is 0 Å². The zero-order valence-electron chi connectivity index (χ0n) is 17.0. The van der Waals surface area contributed by atoms with Crippen LogP contribution in [-0.2, 0) is 6.50 Å². The third-order valence-corrected chi connectivity index (χ3v) is 5.33. The van der Waals surface area contributed by atoms with Gasteiger partial charge in [-0.3, -0.25) is 0 Å². The molecule has 0 fully saturated rings. The summed E-state index contributed by atoms with van der Waals surface area (Å²) in [6.45, 7) is 2.64. The summed E-state index contributed by atoms with van der Waals surface area (Å²) in [6, 6.07) is 26.4. The Hall–Kier alpha value is -3.00. The van der Waals surface area contributed by atoms with Crippen molar-refractivity contribution in [2.75, 3.05) is 4.90 Å². The number of para-hydroxylation sites is 1. The molecule has 1 unspecified atom stereocenters. The summed E-state index contributed by atoms with van der Waals surface area (Å²) in [5.41, 5.74) is 7.17. The molecule has 0 N–H and O–H groups in total. The van der Waals surface area contributed by atoms with Crippen molar-refractivity contribution in [2.45, 2.75) is 26.5 Å². The molecule has 0 aliphatic carbocycles. The number of benzene rings is 3. The molecule has 2 aliphatic rings. The van der Waals surface area contributed by atoms with E-state index in [0.717, 1.165) is 33.8 Å². The molecule has 26 heavy (non-hydrogen) atoms. The van der Waals surface area contributed by atoms with Crippen LogP contribution in [0.15, 0.2) is 84.6 Å². The van der Waals surface area contributed by atoms with E-state index < -0.39 is 6.50 Å². The molecule has 0 aromatic heterocycles. The molecule has 0 saturated carbocycles. The van der Waals surface area contributed by atoms with E-state index in [1.165, 1.54) is 5.56 Å². The van der Waals surface area contributed by atoms with E-state index in [0.29, 0.717) is 0 Å². The highest BCUT2D eigenvalue weighted by atomic mass is 15.4. The Labute approximate surface area is 157 Å². The summed E-state index contributed by atoms with van der Waals surface area (Å²) in [4.78, 5) is 4.24. The summed E-state index contributed by atoms with van der Waals surface area (Å²) in [5, 5.41) is 0. The van der Waals surface area contributed by atoms with Gasteiger partial charge in [-0.15, -0.1) is 0 Å². The fourth-order valence-electron chi connectivity index (χ4n) is 4.14. The molecule has 2 heteroatoms. The lowest BCUT2D eigenvalue weighted by Crippen LogP contribution is -2.31. The second kappa shape index (κ2) is 5.77. The average Bonchev–Trinajstić information content (AvgIpc) is 3.14. The van der Waals surface area contributed by atoms with Crippen molar-refractivity contribution in [3.05, 3.63) is 107 Å². The topological polar surface area (TPSA) is 6.48 Å². The first-order chi connectivity index (χ1) is 13.5. The normalized spacial score (nSPS) is 21.4. The Morgan fingerprint density at radius 2 is 1.54 bits per heavy atom. The molecule has 3 aromatic rings. The van der Waals surface area contributed by atoms with Crippen molar-refractivity contribution >= 4 is 11.4 Å². The monoisotopic (exact) mass is 340 g/mol. The van der Waals surface area contributed by atoms with Crippen molar-refractivity contribution in [1.29, 1.82) is 0 Å². The van der Waals surface area contributed by atoms with Crippen molar-refractivity contribution in [3.8, 4) is 0 Å². The second-order valence-electron chi connectivity index (χ2n) is 6.90. The zero-order chi connectivity index (χ0) is 19.5. The Morgan fingerprint density at radius 1 is 0.846 bits per heavy atom. The van der Waals surface area contributed by atoms with Crippen LogP contribution in [0.25, 0.3) is 5.70 Å². The number of aryl methyl sites for hydroxylation is 1. The van der Waals surface area contributed by atoms with Crippen molar-refractivity contribution in [3.63, 3.8) is 0 Å². The lowest BCUT2D eigenvalue weighted by atomic mass is 10.1. The smallest absolute Gasteiger partial charge is 0.133 e. The number of rotatable bonds is 2. The maximum Gasteiger partial charge on any atom is 0.133 e. The van der Waals surface area contributed by atoms with Gasteiger partial charge >= 0.3 is 0 Å². The first-order valence-electron chi connectivity index (χ1n) is 10.0. The Kier molecular flexibility index (Phi) is 2.94. The molecule has 2 nitrogen and oxygen atoms in total. The standard InChI is InChI=1S/C24H22N2/c1-17-10-6-9-15-22(17)26-18(2)23-21-14-8-7-13-20(21)16-25(23)24(26)19-11-4-3-5-12-19/h3-15,24H,16H2,1-2H3/i16D2. The van der Waals surface area contributed by atoms with Crippen LogP contribution in [0.5, 0.6) is 0 Å². The van der Waals surface area contributed by atoms with E-state index in [1.54, 1.807) is 0 Å². The largest absolute Gasteiger partial charge is 0.341 e. The van der Waals surface area contributed by atoms with E-state index in [4.69, 9.17) is 2.74 Å². The number of hydrogen-bond donors (Lipinski definition) is 0. The first-order valence-corrected chi connectivity index (χ1v) is 9.01. The van der Waals surface area contributed by atoms with E-state index >= 15 is 0 Å². The quantitative estimate of drug-likeness (QED) is 0.589. The molecule has 1 atom stereocenters. The number of hydrogen-bond acceptors (Lipinski definition) is 2. The predicted molar refractivity (Wildman–Crippen MR) is 107 cm³/mol. The maximum absolute atomic E-state index is 9.00. The van der Waals surface area contributed by atoms with Crippen LogP contribution < -0.4 is 4.90 Å². The Morgan fingerprint density at radius 3 is 2.35 bits per heavy atom. The first kappa shape index (κ1) is 13.2. The molecule has 2 heterocycles. The van der Waals surface area contributed by atoms with Crippen LogP contribution in [0.4, 0.5) is 5.69 Å². The number of fused-ring (bicyclic) bond motifs is 3. The van der Waals surface area contributed by atoms with Gasteiger partial charge in [-0.1, -0.05) is 72.8 Å².